The van der Waals surface area contributed by atoms with Crippen LogP contribution in [0.2, 0.25) is 0 Å². The van der Waals surface area contributed by atoms with E-state index in [0.717, 1.165) is 16.2 Å². The molecule has 2 aromatic carbocycles. The molecule has 1 aliphatic rings. The van der Waals surface area contributed by atoms with Gasteiger partial charge in [0.1, 0.15) is 13.2 Å². The fourth-order valence-electron chi connectivity index (χ4n) is 2.32. The zero-order valence-corrected chi connectivity index (χ0v) is 15.0. The number of hydrogen-bond acceptors (Lipinski definition) is 5. The quantitative estimate of drug-likeness (QED) is 0.506. The van der Waals surface area contributed by atoms with E-state index < -0.39 is 0 Å². The van der Waals surface area contributed by atoms with Crippen LogP contribution < -0.4 is 14.9 Å². The van der Waals surface area contributed by atoms with Crippen molar-refractivity contribution in [2.75, 3.05) is 13.2 Å². The van der Waals surface area contributed by atoms with Gasteiger partial charge in [-0.1, -0.05) is 18.2 Å². The molecule has 1 aliphatic heterocycles. The third-order valence-corrected chi connectivity index (χ3v) is 4.83. The number of carbonyl (C=O) groups is 1. The van der Waals surface area contributed by atoms with Gasteiger partial charge in [-0.3, -0.25) is 4.79 Å². The van der Waals surface area contributed by atoms with Gasteiger partial charge in [0.25, 0.3) is 5.91 Å². The number of hydrogen-bond donors (Lipinski definition) is 1. The molecule has 0 aromatic heterocycles. The van der Waals surface area contributed by atoms with Gasteiger partial charge in [0, 0.05) is 10.5 Å². The van der Waals surface area contributed by atoms with Gasteiger partial charge in [0.05, 0.1) is 11.0 Å². The SMILES string of the molecule is C/C(=N\NC(=O)C(C)Sc1ccccc1)c1ccc2c(c1)OCCO2. The van der Waals surface area contributed by atoms with Crippen molar-refractivity contribution in [3.8, 4) is 11.5 Å². The second-order valence-corrected chi connectivity index (χ2v) is 7.02. The van der Waals surface area contributed by atoms with Crippen LogP contribution in [0.1, 0.15) is 19.4 Å². The molecule has 1 amide bonds. The van der Waals surface area contributed by atoms with Gasteiger partial charge in [-0.05, 0) is 44.2 Å². The Labute approximate surface area is 151 Å². The number of thioether (sulfide) groups is 1. The minimum absolute atomic E-state index is 0.134. The van der Waals surface area contributed by atoms with Crippen LogP contribution >= 0.6 is 11.8 Å². The molecular formula is C19H20N2O3S. The van der Waals surface area contributed by atoms with Crippen molar-refractivity contribution in [2.24, 2.45) is 5.10 Å². The van der Waals surface area contributed by atoms with Crippen molar-refractivity contribution >= 4 is 23.4 Å². The van der Waals surface area contributed by atoms with Crippen molar-refractivity contribution in [3.63, 3.8) is 0 Å². The number of nitrogens with one attached hydrogen (secondary N) is 1. The summed E-state index contributed by atoms with van der Waals surface area (Å²) >= 11 is 1.50. The first kappa shape index (κ1) is 17.4. The second kappa shape index (κ2) is 8.07. The average Bonchev–Trinajstić information content (AvgIpc) is 2.66. The lowest BCUT2D eigenvalue weighted by molar-refractivity contribution is -0.120. The first-order valence-electron chi connectivity index (χ1n) is 8.09. The number of amides is 1. The first-order chi connectivity index (χ1) is 12.1. The first-order valence-corrected chi connectivity index (χ1v) is 8.97. The van der Waals surface area contributed by atoms with Crippen molar-refractivity contribution in [1.82, 2.24) is 5.43 Å². The van der Waals surface area contributed by atoms with Crippen molar-refractivity contribution < 1.29 is 14.3 Å². The van der Waals surface area contributed by atoms with Crippen molar-refractivity contribution in [2.45, 2.75) is 24.0 Å². The molecule has 0 aliphatic carbocycles. The van der Waals surface area contributed by atoms with Crippen LogP contribution in [-0.2, 0) is 4.79 Å². The smallest absolute Gasteiger partial charge is 0.253 e. The van der Waals surface area contributed by atoms with Crippen LogP contribution in [0, 0.1) is 0 Å². The summed E-state index contributed by atoms with van der Waals surface area (Å²) in [5, 5.41) is 3.98. The Morgan fingerprint density at radius 3 is 2.60 bits per heavy atom. The van der Waals surface area contributed by atoms with Gasteiger partial charge in [0.15, 0.2) is 11.5 Å². The molecule has 0 radical (unpaired) electrons. The lowest BCUT2D eigenvalue weighted by atomic mass is 10.1. The molecule has 1 atom stereocenters. The number of ether oxygens (including phenoxy) is 2. The van der Waals surface area contributed by atoms with Gasteiger partial charge in [-0.25, -0.2) is 5.43 Å². The fourth-order valence-corrected chi connectivity index (χ4v) is 3.20. The molecule has 0 fully saturated rings. The van der Waals surface area contributed by atoms with E-state index in [-0.39, 0.29) is 11.2 Å². The van der Waals surface area contributed by atoms with Crippen LogP contribution in [0.3, 0.4) is 0 Å². The summed E-state index contributed by atoms with van der Waals surface area (Å²) in [6.45, 7) is 4.81. The number of carbonyl (C=O) groups excluding carboxylic acids is 1. The summed E-state index contributed by atoms with van der Waals surface area (Å²) in [5.41, 5.74) is 4.23. The van der Waals surface area contributed by atoms with Crippen LogP contribution in [0.4, 0.5) is 0 Å². The third-order valence-electron chi connectivity index (χ3n) is 3.72. The van der Waals surface area contributed by atoms with Gasteiger partial charge < -0.3 is 9.47 Å². The van der Waals surface area contributed by atoms with Crippen LogP contribution in [0.5, 0.6) is 11.5 Å². The minimum atomic E-state index is -0.237. The van der Waals surface area contributed by atoms with Gasteiger partial charge in [0.2, 0.25) is 0 Å². The highest BCUT2D eigenvalue weighted by Crippen LogP contribution is 2.30. The fraction of sp³-hybridized carbons (Fsp3) is 0.263. The highest BCUT2D eigenvalue weighted by molar-refractivity contribution is 8.00. The number of benzene rings is 2. The Morgan fingerprint density at radius 1 is 1.12 bits per heavy atom. The normalized spacial score (nSPS) is 14.7. The molecular weight excluding hydrogens is 336 g/mol. The molecule has 3 rings (SSSR count). The molecule has 0 bridgehead atoms. The number of rotatable bonds is 5. The van der Waals surface area contributed by atoms with E-state index in [2.05, 4.69) is 10.5 Å². The van der Waals surface area contributed by atoms with E-state index in [0.29, 0.717) is 24.7 Å². The molecule has 5 nitrogen and oxygen atoms in total. The predicted molar refractivity (Wildman–Crippen MR) is 99.5 cm³/mol. The topological polar surface area (TPSA) is 59.9 Å². The van der Waals surface area contributed by atoms with Gasteiger partial charge in [-0.15, -0.1) is 11.8 Å². The third kappa shape index (κ3) is 4.54. The summed E-state index contributed by atoms with van der Waals surface area (Å²) in [6, 6.07) is 15.5. The number of fused-ring (bicyclic) bond motifs is 1. The number of hydrazone groups is 1. The van der Waals surface area contributed by atoms with Crippen LogP contribution in [0.25, 0.3) is 0 Å². The van der Waals surface area contributed by atoms with E-state index >= 15 is 0 Å². The number of nitrogens with zero attached hydrogens (tertiary/aromatic N) is 1. The van der Waals surface area contributed by atoms with E-state index in [1.165, 1.54) is 11.8 Å². The Bertz CT molecular complexity index is 777. The van der Waals surface area contributed by atoms with Crippen LogP contribution in [0.15, 0.2) is 58.5 Å². The highest BCUT2D eigenvalue weighted by Gasteiger charge is 2.15. The molecule has 1 N–H and O–H groups in total. The Hall–Kier alpha value is -2.47. The highest BCUT2D eigenvalue weighted by atomic mass is 32.2. The largest absolute Gasteiger partial charge is 0.486 e. The monoisotopic (exact) mass is 356 g/mol. The van der Waals surface area contributed by atoms with E-state index in [4.69, 9.17) is 9.47 Å². The molecule has 1 heterocycles. The standard InChI is InChI=1S/C19H20N2O3S/c1-13(15-8-9-17-18(12-15)24-11-10-23-17)20-21-19(22)14(2)25-16-6-4-3-5-7-16/h3-9,12,14H,10-11H2,1-2H3,(H,21,22)/b20-13+. The van der Waals surface area contributed by atoms with Gasteiger partial charge in [-0.2, -0.15) is 5.10 Å². The van der Waals surface area contributed by atoms with E-state index in [1.807, 2.05) is 62.4 Å². The minimum Gasteiger partial charge on any atom is -0.486 e. The van der Waals surface area contributed by atoms with Crippen molar-refractivity contribution in [1.29, 1.82) is 0 Å². The summed E-state index contributed by atoms with van der Waals surface area (Å²) in [4.78, 5) is 13.3. The average molecular weight is 356 g/mol. The van der Waals surface area contributed by atoms with Crippen molar-refractivity contribution in [3.05, 3.63) is 54.1 Å². The van der Waals surface area contributed by atoms with Crippen LogP contribution in [-0.4, -0.2) is 30.1 Å². The van der Waals surface area contributed by atoms with Gasteiger partial charge >= 0.3 is 0 Å². The maximum atomic E-state index is 12.2. The maximum Gasteiger partial charge on any atom is 0.253 e. The molecule has 0 saturated carbocycles. The van der Waals surface area contributed by atoms with E-state index in [9.17, 15) is 4.79 Å². The summed E-state index contributed by atoms with van der Waals surface area (Å²) in [5.74, 6) is 1.31. The molecule has 1 unspecified atom stereocenters. The maximum absolute atomic E-state index is 12.2. The Kier molecular flexibility index (Phi) is 5.60. The zero-order valence-electron chi connectivity index (χ0n) is 14.2. The lowest BCUT2D eigenvalue weighted by Gasteiger charge is -2.18. The molecule has 0 spiro atoms. The summed E-state index contributed by atoms with van der Waals surface area (Å²) < 4.78 is 11.1. The zero-order chi connectivity index (χ0) is 17.6. The summed E-state index contributed by atoms with van der Waals surface area (Å²) in [7, 11) is 0. The van der Waals surface area contributed by atoms with E-state index in [1.54, 1.807) is 0 Å². The molecule has 130 valence electrons. The Morgan fingerprint density at radius 2 is 1.84 bits per heavy atom. The molecule has 6 heteroatoms. The Balaban J connectivity index is 1.61. The molecule has 0 saturated heterocycles. The molecule has 2 aromatic rings. The summed E-state index contributed by atoms with van der Waals surface area (Å²) in [6.07, 6.45) is 0. The molecule has 25 heavy (non-hydrogen) atoms. The predicted octanol–water partition coefficient (Wildman–Crippen LogP) is 3.48. The second-order valence-electron chi connectivity index (χ2n) is 5.60. The lowest BCUT2D eigenvalue weighted by Crippen LogP contribution is -2.27.